The molecule has 0 N–H and O–H groups in total. The maximum atomic E-state index is 5.91. The summed E-state index contributed by atoms with van der Waals surface area (Å²) in [5, 5.41) is 4.37. The van der Waals surface area contributed by atoms with Crippen molar-refractivity contribution in [3.05, 3.63) is 45.5 Å². The van der Waals surface area contributed by atoms with Crippen molar-refractivity contribution >= 4 is 34.1 Å². The molecule has 0 radical (unpaired) electrons. The summed E-state index contributed by atoms with van der Waals surface area (Å²) in [6.07, 6.45) is 0.764. The average Bonchev–Trinajstić information content (AvgIpc) is 2.96. The van der Waals surface area contributed by atoms with Crippen molar-refractivity contribution in [2.24, 2.45) is 0 Å². The minimum atomic E-state index is 0.574. The van der Waals surface area contributed by atoms with E-state index in [4.69, 9.17) is 11.6 Å². The Kier molecular flexibility index (Phi) is 3.76. The molecule has 0 unspecified atom stereocenters. The molecule has 0 saturated carbocycles. The molecule has 3 rings (SSSR count). The van der Waals surface area contributed by atoms with Gasteiger partial charge in [-0.3, -0.25) is 0 Å². The van der Waals surface area contributed by atoms with Crippen LogP contribution in [0.1, 0.15) is 22.6 Å². The van der Waals surface area contributed by atoms with Crippen LogP contribution in [0.4, 0.5) is 0 Å². The predicted molar refractivity (Wildman–Crippen MR) is 84.8 cm³/mol. The molecule has 3 aromatic rings. The summed E-state index contributed by atoms with van der Waals surface area (Å²) < 4.78 is 2.19. The van der Waals surface area contributed by atoms with Gasteiger partial charge < -0.3 is 4.57 Å². The van der Waals surface area contributed by atoms with Gasteiger partial charge in [0.2, 0.25) is 0 Å². The number of nitrogens with zero attached hydrogens (tertiary/aromatic N) is 3. The molecule has 5 heteroatoms. The van der Waals surface area contributed by atoms with Crippen molar-refractivity contribution in [2.75, 3.05) is 5.88 Å². The second-order valence-corrected chi connectivity index (χ2v) is 6.05. The third-order valence-electron chi connectivity index (χ3n) is 3.42. The molecule has 0 aliphatic heterocycles. The van der Waals surface area contributed by atoms with Crippen LogP contribution in [0.15, 0.2) is 22.9 Å². The zero-order valence-electron chi connectivity index (χ0n) is 11.6. The number of halogens is 1. The van der Waals surface area contributed by atoms with E-state index in [-0.39, 0.29) is 0 Å². The highest BCUT2D eigenvalue weighted by Crippen LogP contribution is 2.21. The lowest BCUT2D eigenvalue weighted by Crippen LogP contribution is -2.07. The molecule has 0 aliphatic carbocycles. The fraction of sp³-hybridized carbons (Fsp3) is 0.333. The van der Waals surface area contributed by atoms with E-state index in [1.165, 1.54) is 11.1 Å². The monoisotopic (exact) mass is 305 g/mol. The Morgan fingerprint density at radius 3 is 2.75 bits per heavy atom. The van der Waals surface area contributed by atoms with E-state index in [1.807, 2.05) is 19.1 Å². The number of rotatable bonds is 4. The lowest BCUT2D eigenvalue weighted by Gasteiger charge is -2.08. The van der Waals surface area contributed by atoms with Crippen LogP contribution >= 0.6 is 22.9 Å². The van der Waals surface area contributed by atoms with Gasteiger partial charge in [-0.25, -0.2) is 9.97 Å². The molecular weight excluding hydrogens is 290 g/mol. The third kappa shape index (κ3) is 2.45. The SMILES string of the molecule is Cc1ccc2nc(CCCl)n(Cc3cscc3C)c2n1. The highest BCUT2D eigenvalue weighted by Gasteiger charge is 2.13. The minimum Gasteiger partial charge on any atom is -0.308 e. The molecule has 0 aliphatic rings. The first-order valence-corrected chi connectivity index (χ1v) is 8.07. The molecule has 0 amide bonds. The molecule has 3 heterocycles. The number of alkyl halides is 1. The molecule has 0 bridgehead atoms. The number of fused-ring (bicyclic) bond motifs is 1. The summed E-state index contributed by atoms with van der Waals surface area (Å²) >= 11 is 7.64. The number of hydrogen-bond acceptors (Lipinski definition) is 3. The van der Waals surface area contributed by atoms with Crippen LogP contribution in [0.2, 0.25) is 0 Å². The second-order valence-electron chi connectivity index (χ2n) is 4.93. The number of hydrogen-bond donors (Lipinski definition) is 0. The van der Waals surface area contributed by atoms with E-state index in [2.05, 4.69) is 32.2 Å². The van der Waals surface area contributed by atoms with E-state index in [9.17, 15) is 0 Å². The van der Waals surface area contributed by atoms with Crippen molar-refractivity contribution < 1.29 is 0 Å². The maximum Gasteiger partial charge on any atom is 0.160 e. The van der Waals surface area contributed by atoms with Crippen molar-refractivity contribution in [3.8, 4) is 0 Å². The second kappa shape index (κ2) is 5.54. The lowest BCUT2D eigenvalue weighted by atomic mass is 10.2. The van der Waals surface area contributed by atoms with Crippen LogP contribution in [0, 0.1) is 13.8 Å². The Balaban J connectivity index is 2.12. The number of pyridine rings is 1. The number of thiophene rings is 1. The van der Waals surface area contributed by atoms with Gasteiger partial charge in [-0.15, -0.1) is 11.6 Å². The van der Waals surface area contributed by atoms with Gasteiger partial charge in [-0.2, -0.15) is 11.3 Å². The van der Waals surface area contributed by atoms with Gasteiger partial charge in [0.25, 0.3) is 0 Å². The summed E-state index contributed by atoms with van der Waals surface area (Å²) in [7, 11) is 0. The Hall–Kier alpha value is -1.39. The third-order valence-corrected chi connectivity index (χ3v) is 4.52. The molecule has 0 aromatic carbocycles. The first-order valence-electron chi connectivity index (χ1n) is 6.59. The van der Waals surface area contributed by atoms with E-state index in [0.29, 0.717) is 5.88 Å². The molecule has 0 fully saturated rings. The topological polar surface area (TPSA) is 30.7 Å². The molecule has 104 valence electrons. The van der Waals surface area contributed by atoms with Crippen molar-refractivity contribution in [2.45, 2.75) is 26.8 Å². The molecule has 0 atom stereocenters. The predicted octanol–water partition coefficient (Wildman–Crippen LogP) is 3.94. The summed E-state index contributed by atoms with van der Waals surface area (Å²) in [6, 6.07) is 4.03. The average molecular weight is 306 g/mol. The molecule has 3 aromatic heterocycles. The van der Waals surface area contributed by atoms with Gasteiger partial charge in [-0.05, 0) is 47.9 Å². The Bertz CT molecular complexity index is 745. The first-order chi connectivity index (χ1) is 9.69. The van der Waals surface area contributed by atoms with E-state index in [1.54, 1.807) is 11.3 Å². The Labute approximate surface area is 127 Å². The molecule has 0 spiro atoms. The molecule has 0 saturated heterocycles. The van der Waals surface area contributed by atoms with Gasteiger partial charge in [-0.1, -0.05) is 0 Å². The smallest absolute Gasteiger partial charge is 0.160 e. The van der Waals surface area contributed by atoms with Crippen LogP contribution in [0.3, 0.4) is 0 Å². The van der Waals surface area contributed by atoms with Crippen LogP contribution in [-0.2, 0) is 13.0 Å². The maximum absolute atomic E-state index is 5.91. The number of imidazole rings is 1. The van der Waals surface area contributed by atoms with E-state index < -0.39 is 0 Å². The summed E-state index contributed by atoms with van der Waals surface area (Å²) in [4.78, 5) is 9.32. The highest BCUT2D eigenvalue weighted by molar-refractivity contribution is 7.08. The zero-order chi connectivity index (χ0) is 14.1. The molecular formula is C15H16ClN3S. The van der Waals surface area contributed by atoms with Crippen LogP contribution < -0.4 is 0 Å². The quantitative estimate of drug-likeness (QED) is 0.684. The van der Waals surface area contributed by atoms with E-state index in [0.717, 1.165) is 35.6 Å². The normalized spacial score (nSPS) is 11.3. The molecule has 20 heavy (non-hydrogen) atoms. The summed E-state index contributed by atoms with van der Waals surface area (Å²) in [5.74, 6) is 1.59. The van der Waals surface area contributed by atoms with Gasteiger partial charge in [0, 0.05) is 18.0 Å². The van der Waals surface area contributed by atoms with Crippen molar-refractivity contribution in [3.63, 3.8) is 0 Å². The fourth-order valence-corrected chi connectivity index (χ4v) is 3.32. The van der Waals surface area contributed by atoms with Crippen molar-refractivity contribution in [1.29, 1.82) is 0 Å². The van der Waals surface area contributed by atoms with Crippen molar-refractivity contribution in [1.82, 2.24) is 14.5 Å². The standard InChI is InChI=1S/C15H16ClN3S/c1-10-8-20-9-12(10)7-19-14(5-6-16)18-13-4-3-11(2)17-15(13)19/h3-4,8-9H,5-7H2,1-2H3. The van der Waals surface area contributed by atoms with Gasteiger partial charge in [0.1, 0.15) is 11.3 Å². The number of aryl methyl sites for hydroxylation is 3. The fourth-order valence-electron chi connectivity index (χ4n) is 2.30. The summed E-state index contributed by atoms with van der Waals surface area (Å²) in [6.45, 7) is 4.97. The van der Waals surface area contributed by atoms with Crippen LogP contribution in [0.25, 0.3) is 11.2 Å². The van der Waals surface area contributed by atoms with Gasteiger partial charge >= 0.3 is 0 Å². The Morgan fingerprint density at radius 2 is 2.05 bits per heavy atom. The lowest BCUT2D eigenvalue weighted by molar-refractivity contribution is 0.745. The first kappa shape index (κ1) is 13.6. The molecule has 3 nitrogen and oxygen atoms in total. The van der Waals surface area contributed by atoms with Crippen LogP contribution in [0.5, 0.6) is 0 Å². The zero-order valence-corrected chi connectivity index (χ0v) is 13.1. The minimum absolute atomic E-state index is 0.574. The van der Waals surface area contributed by atoms with Gasteiger partial charge in [0.05, 0.1) is 6.54 Å². The largest absolute Gasteiger partial charge is 0.308 e. The summed E-state index contributed by atoms with van der Waals surface area (Å²) in [5.41, 5.74) is 5.56. The van der Waals surface area contributed by atoms with E-state index >= 15 is 0 Å². The van der Waals surface area contributed by atoms with Crippen LogP contribution in [-0.4, -0.2) is 20.4 Å². The highest BCUT2D eigenvalue weighted by atomic mass is 35.5. The Morgan fingerprint density at radius 1 is 1.20 bits per heavy atom. The number of aromatic nitrogens is 3. The van der Waals surface area contributed by atoms with Gasteiger partial charge in [0.15, 0.2) is 5.65 Å².